The van der Waals surface area contributed by atoms with Crippen molar-refractivity contribution in [2.45, 2.75) is 0 Å². The minimum atomic E-state index is -0.0594. The molecule has 0 saturated carbocycles. The number of hydrogen-bond acceptors (Lipinski definition) is 2. The summed E-state index contributed by atoms with van der Waals surface area (Å²) in [4.78, 5) is 14.0. The van der Waals surface area contributed by atoms with Crippen LogP contribution in [0.2, 0.25) is 0 Å². The van der Waals surface area contributed by atoms with Crippen molar-refractivity contribution in [3.63, 3.8) is 0 Å². The molecule has 0 aliphatic carbocycles. The standard InChI is InChI=1S/C16H14N2O/c1-18-14-10-6-5-9-13(14)16(19)17-15(18)11-12-7-3-2-4-8-12/h2-11H,1H3,(H,17,19)/b15-11+. The van der Waals surface area contributed by atoms with Gasteiger partial charge in [0.1, 0.15) is 5.82 Å². The third kappa shape index (κ3) is 2.10. The molecule has 0 aromatic heterocycles. The minimum absolute atomic E-state index is 0.0594. The monoisotopic (exact) mass is 250 g/mol. The van der Waals surface area contributed by atoms with Crippen LogP contribution in [0.15, 0.2) is 60.4 Å². The number of nitrogens with one attached hydrogen (secondary N) is 1. The molecule has 0 atom stereocenters. The van der Waals surface area contributed by atoms with Crippen LogP contribution in [0, 0.1) is 0 Å². The number of para-hydroxylation sites is 1. The lowest BCUT2D eigenvalue weighted by Gasteiger charge is -2.30. The molecule has 3 nitrogen and oxygen atoms in total. The first-order valence-corrected chi connectivity index (χ1v) is 6.16. The molecule has 1 N–H and O–H groups in total. The van der Waals surface area contributed by atoms with Gasteiger partial charge in [-0.3, -0.25) is 4.79 Å². The molecular formula is C16H14N2O. The lowest BCUT2D eigenvalue weighted by atomic mass is 10.1. The van der Waals surface area contributed by atoms with E-state index in [-0.39, 0.29) is 5.91 Å². The summed E-state index contributed by atoms with van der Waals surface area (Å²) < 4.78 is 0. The van der Waals surface area contributed by atoms with Crippen LogP contribution in [-0.4, -0.2) is 13.0 Å². The molecule has 94 valence electrons. The van der Waals surface area contributed by atoms with E-state index >= 15 is 0 Å². The first kappa shape index (κ1) is 11.5. The number of fused-ring (bicyclic) bond motifs is 1. The zero-order chi connectivity index (χ0) is 13.2. The topological polar surface area (TPSA) is 32.3 Å². The molecule has 1 amide bonds. The van der Waals surface area contributed by atoms with Gasteiger partial charge in [-0.25, -0.2) is 0 Å². The average Bonchev–Trinajstić information content (AvgIpc) is 2.46. The molecule has 3 heteroatoms. The van der Waals surface area contributed by atoms with Crippen LogP contribution in [0.5, 0.6) is 0 Å². The molecule has 0 saturated heterocycles. The molecule has 2 aromatic rings. The Bertz CT molecular complexity index is 647. The summed E-state index contributed by atoms with van der Waals surface area (Å²) in [6.45, 7) is 0. The highest BCUT2D eigenvalue weighted by Gasteiger charge is 2.23. The first-order valence-electron chi connectivity index (χ1n) is 6.16. The van der Waals surface area contributed by atoms with Crippen molar-refractivity contribution in [3.05, 3.63) is 71.5 Å². The van der Waals surface area contributed by atoms with Gasteiger partial charge in [0, 0.05) is 7.05 Å². The molecular weight excluding hydrogens is 236 g/mol. The number of carbonyl (C=O) groups is 1. The van der Waals surface area contributed by atoms with Gasteiger partial charge in [0.25, 0.3) is 5.91 Å². The zero-order valence-electron chi connectivity index (χ0n) is 10.6. The van der Waals surface area contributed by atoms with Crippen molar-refractivity contribution < 1.29 is 4.79 Å². The fourth-order valence-corrected chi connectivity index (χ4v) is 2.20. The highest BCUT2D eigenvalue weighted by atomic mass is 16.2. The Kier molecular flexibility index (Phi) is 2.80. The molecule has 1 aliphatic heterocycles. The van der Waals surface area contributed by atoms with Gasteiger partial charge in [-0.05, 0) is 23.8 Å². The molecule has 0 radical (unpaired) electrons. The molecule has 0 fully saturated rings. The van der Waals surface area contributed by atoms with Crippen LogP contribution in [0.3, 0.4) is 0 Å². The third-order valence-electron chi connectivity index (χ3n) is 3.22. The molecule has 1 heterocycles. The minimum Gasteiger partial charge on any atom is -0.330 e. The molecule has 0 unspecified atom stereocenters. The third-order valence-corrected chi connectivity index (χ3v) is 3.22. The van der Waals surface area contributed by atoms with E-state index in [1.54, 1.807) is 0 Å². The number of benzene rings is 2. The fraction of sp³-hybridized carbons (Fsp3) is 0.0625. The second kappa shape index (κ2) is 4.61. The molecule has 3 rings (SSSR count). The highest BCUT2D eigenvalue weighted by molar-refractivity contribution is 6.04. The summed E-state index contributed by atoms with van der Waals surface area (Å²) in [6, 6.07) is 17.5. The number of carbonyl (C=O) groups excluding carboxylic acids is 1. The Morgan fingerprint density at radius 2 is 1.68 bits per heavy atom. The van der Waals surface area contributed by atoms with E-state index in [0.717, 1.165) is 17.1 Å². The fourth-order valence-electron chi connectivity index (χ4n) is 2.20. The Morgan fingerprint density at radius 3 is 2.47 bits per heavy atom. The molecule has 1 aliphatic rings. The van der Waals surface area contributed by atoms with Gasteiger partial charge in [-0.2, -0.15) is 0 Å². The number of anilines is 1. The summed E-state index contributed by atoms with van der Waals surface area (Å²) in [5, 5.41) is 2.92. The van der Waals surface area contributed by atoms with E-state index in [4.69, 9.17) is 0 Å². The van der Waals surface area contributed by atoms with Crippen molar-refractivity contribution in [3.8, 4) is 0 Å². The second-order valence-corrected chi connectivity index (χ2v) is 4.47. The lowest BCUT2D eigenvalue weighted by Crippen LogP contribution is -2.38. The van der Waals surface area contributed by atoms with Crippen LogP contribution in [0.1, 0.15) is 15.9 Å². The number of nitrogens with zero attached hydrogens (tertiary/aromatic N) is 1. The molecule has 0 spiro atoms. The highest BCUT2D eigenvalue weighted by Crippen LogP contribution is 2.26. The largest absolute Gasteiger partial charge is 0.330 e. The maximum atomic E-state index is 12.1. The summed E-state index contributed by atoms with van der Waals surface area (Å²) in [5.74, 6) is 0.728. The van der Waals surface area contributed by atoms with Crippen molar-refractivity contribution in [1.82, 2.24) is 5.32 Å². The smallest absolute Gasteiger partial charge is 0.258 e. The van der Waals surface area contributed by atoms with Crippen LogP contribution in [0.25, 0.3) is 6.08 Å². The van der Waals surface area contributed by atoms with Crippen LogP contribution in [0.4, 0.5) is 5.69 Å². The summed E-state index contributed by atoms with van der Waals surface area (Å²) in [7, 11) is 1.95. The van der Waals surface area contributed by atoms with E-state index in [0.29, 0.717) is 5.56 Å². The van der Waals surface area contributed by atoms with Gasteiger partial charge in [0.15, 0.2) is 0 Å². The van der Waals surface area contributed by atoms with E-state index < -0.39 is 0 Å². The molecule has 2 aromatic carbocycles. The Morgan fingerprint density at radius 1 is 1.00 bits per heavy atom. The summed E-state index contributed by atoms with van der Waals surface area (Å²) in [6.07, 6.45) is 1.97. The van der Waals surface area contributed by atoms with Crippen molar-refractivity contribution in [2.24, 2.45) is 0 Å². The SMILES string of the molecule is CN1/C(=C/c2ccccc2)NC(=O)c2ccccc21. The van der Waals surface area contributed by atoms with E-state index in [1.807, 2.05) is 72.6 Å². The number of rotatable bonds is 1. The van der Waals surface area contributed by atoms with E-state index in [9.17, 15) is 4.79 Å². The second-order valence-electron chi connectivity index (χ2n) is 4.47. The van der Waals surface area contributed by atoms with Crippen LogP contribution < -0.4 is 10.2 Å². The maximum absolute atomic E-state index is 12.1. The predicted octanol–water partition coefficient (Wildman–Crippen LogP) is 2.86. The molecule has 0 bridgehead atoms. The van der Waals surface area contributed by atoms with E-state index in [2.05, 4.69) is 5.32 Å². The number of hydrogen-bond donors (Lipinski definition) is 1. The predicted molar refractivity (Wildman–Crippen MR) is 76.7 cm³/mol. The normalized spacial score (nSPS) is 16.2. The van der Waals surface area contributed by atoms with Crippen LogP contribution >= 0.6 is 0 Å². The van der Waals surface area contributed by atoms with Gasteiger partial charge in [-0.15, -0.1) is 0 Å². The van der Waals surface area contributed by atoms with E-state index in [1.165, 1.54) is 0 Å². The van der Waals surface area contributed by atoms with Gasteiger partial charge in [-0.1, -0.05) is 42.5 Å². The van der Waals surface area contributed by atoms with Gasteiger partial charge in [0.05, 0.1) is 11.3 Å². The zero-order valence-corrected chi connectivity index (χ0v) is 10.6. The first-order chi connectivity index (χ1) is 9.25. The molecule has 19 heavy (non-hydrogen) atoms. The van der Waals surface area contributed by atoms with Gasteiger partial charge < -0.3 is 10.2 Å². The van der Waals surface area contributed by atoms with Crippen LogP contribution in [-0.2, 0) is 0 Å². The Hall–Kier alpha value is -2.55. The summed E-state index contributed by atoms with van der Waals surface area (Å²) in [5.41, 5.74) is 2.69. The summed E-state index contributed by atoms with van der Waals surface area (Å²) >= 11 is 0. The maximum Gasteiger partial charge on any atom is 0.258 e. The van der Waals surface area contributed by atoms with Gasteiger partial charge in [0.2, 0.25) is 0 Å². The Labute approximate surface area is 112 Å². The quantitative estimate of drug-likeness (QED) is 0.844. The van der Waals surface area contributed by atoms with Crippen molar-refractivity contribution in [1.29, 1.82) is 0 Å². The van der Waals surface area contributed by atoms with Gasteiger partial charge >= 0.3 is 0 Å². The van der Waals surface area contributed by atoms with Crippen molar-refractivity contribution in [2.75, 3.05) is 11.9 Å². The van der Waals surface area contributed by atoms with Crippen molar-refractivity contribution >= 4 is 17.7 Å². The average molecular weight is 250 g/mol. The number of amides is 1. The Balaban J connectivity index is 2.03. The lowest BCUT2D eigenvalue weighted by molar-refractivity contribution is 0.0961.